The van der Waals surface area contributed by atoms with Gasteiger partial charge in [0.15, 0.2) is 0 Å². The smallest absolute Gasteiger partial charge is 0.234 e. The Labute approximate surface area is 162 Å². The molecule has 0 spiro atoms. The van der Waals surface area contributed by atoms with E-state index in [0.29, 0.717) is 26.3 Å². The summed E-state index contributed by atoms with van der Waals surface area (Å²) < 4.78 is 10.5. The van der Waals surface area contributed by atoms with Gasteiger partial charge in [0.1, 0.15) is 12.4 Å². The summed E-state index contributed by atoms with van der Waals surface area (Å²) in [6.45, 7) is 8.11. The van der Waals surface area contributed by atoms with E-state index in [0.717, 1.165) is 30.8 Å². The van der Waals surface area contributed by atoms with Gasteiger partial charge in [-0.25, -0.2) is 0 Å². The van der Waals surface area contributed by atoms with Gasteiger partial charge in [-0.2, -0.15) is 0 Å². The summed E-state index contributed by atoms with van der Waals surface area (Å²) in [5.74, 6) is 0.853. The molecule has 148 valence electrons. The number of halogens is 1. The molecule has 0 aliphatic carbocycles. The van der Waals surface area contributed by atoms with Crippen molar-refractivity contribution in [2.75, 3.05) is 40.0 Å². The fraction of sp³-hybridized carbons (Fsp3) is 0.632. The van der Waals surface area contributed by atoms with E-state index in [1.807, 2.05) is 24.3 Å². The van der Waals surface area contributed by atoms with Crippen LogP contribution in [0.3, 0.4) is 0 Å². The molecule has 1 unspecified atom stereocenters. The topological polar surface area (TPSA) is 76.8 Å². The van der Waals surface area contributed by atoms with Gasteiger partial charge in [-0.15, -0.1) is 12.4 Å². The maximum Gasteiger partial charge on any atom is 0.234 e. The Bertz CT molecular complexity index is 551. The third kappa shape index (κ3) is 7.11. The summed E-state index contributed by atoms with van der Waals surface area (Å²) in [6.07, 6.45) is 0.935. The first-order valence-corrected chi connectivity index (χ1v) is 8.86. The molecule has 1 atom stereocenters. The van der Waals surface area contributed by atoms with Crippen LogP contribution in [-0.4, -0.2) is 56.8 Å². The molecule has 0 aromatic heterocycles. The van der Waals surface area contributed by atoms with Crippen LogP contribution in [0.4, 0.5) is 0 Å². The molecule has 3 N–H and O–H groups in total. The Morgan fingerprint density at radius 2 is 2.00 bits per heavy atom. The second kappa shape index (κ2) is 10.7. The number of ether oxygens (including phenoxy) is 2. The maximum atomic E-state index is 12.2. The molecule has 0 bridgehead atoms. The largest absolute Gasteiger partial charge is 0.491 e. The van der Waals surface area contributed by atoms with Crippen molar-refractivity contribution in [3.05, 3.63) is 29.8 Å². The number of benzene rings is 1. The number of piperidine rings is 1. The molecule has 1 fully saturated rings. The van der Waals surface area contributed by atoms with E-state index in [2.05, 4.69) is 24.1 Å². The lowest BCUT2D eigenvalue weighted by molar-refractivity contribution is -0.123. The molecular weight excluding hydrogens is 354 g/mol. The monoisotopic (exact) mass is 385 g/mol. The summed E-state index contributed by atoms with van der Waals surface area (Å²) in [7, 11) is 1.65. The molecule has 1 aliphatic rings. The number of hydrogen-bond acceptors (Lipinski definition) is 5. The lowest BCUT2D eigenvalue weighted by Crippen LogP contribution is -2.54. The van der Waals surface area contributed by atoms with Gasteiger partial charge in [0.2, 0.25) is 5.91 Å². The number of likely N-dealkylation sites (tertiary alicyclic amines) is 1. The van der Waals surface area contributed by atoms with E-state index in [1.54, 1.807) is 7.11 Å². The minimum atomic E-state index is 0. The van der Waals surface area contributed by atoms with Crippen LogP contribution in [0, 0.1) is 5.41 Å². The zero-order valence-corrected chi connectivity index (χ0v) is 16.8. The number of rotatable bonds is 8. The number of carbonyl (C=O) groups is 1. The number of hydrogen-bond donors (Lipinski definition) is 2. The minimum absolute atomic E-state index is 0. The molecule has 1 heterocycles. The molecule has 1 amide bonds. The van der Waals surface area contributed by atoms with Crippen molar-refractivity contribution < 1.29 is 14.3 Å². The summed E-state index contributed by atoms with van der Waals surface area (Å²) in [4.78, 5) is 14.4. The van der Waals surface area contributed by atoms with E-state index >= 15 is 0 Å². The normalized spacial score (nSPS) is 19.5. The molecule has 2 rings (SSSR count). The molecule has 0 radical (unpaired) electrons. The van der Waals surface area contributed by atoms with Crippen molar-refractivity contribution in [2.24, 2.45) is 11.1 Å². The molecule has 1 aliphatic heterocycles. The molecule has 1 aromatic carbocycles. The fourth-order valence-electron chi connectivity index (χ4n) is 3.03. The summed E-state index contributed by atoms with van der Waals surface area (Å²) in [5, 5.41) is 2.98. The third-order valence-electron chi connectivity index (χ3n) is 4.73. The lowest BCUT2D eigenvalue weighted by Gasteiger charge is -2.42. The Balaban J connectivity index is 0.00000338. The van der Waals surface area contributed by atoms with Gasteiger partial charge in [0.05, 0.1) is 13.2 Å². The zero-order valence-electron chi connectivity index (χ0n) is 16.0. The van der Waals surface area contributed by atoms with Crippen molar-refractivity contribution in [3.8, 4) is 5.75 Å². The van der Waals surface area contributed by atoms with E-state index in [9.17, 15) is 4.79 Å². The predicted octanol–water partition coefficient (Wildman–Crippen LogP) is 1.81. The number of amides is 1. The van der Waals surface area contributed by atoms with E-state index in [4.69, 9.17) is 15.2 Å². The molecule has 0 saturated carbocycles. The summed E-state index contributed by atoms with van der Waals surface area (Å²) in [6, 6.07) is 7.95. The highest BCUT2D eigenvalue weighted by Gasteiger charge is 2.33. The van der Waals surface area contributed by atoms with Gasteiger partial charge in [-0.05, 0) is 29.5 Å². The quantitative estimate of drug-likeness (QED) is 0.667. The van der Waals surface area contributed by atoms with Gasteiger partial charge < -0.3 is 20.5 Å². The molecule has 6 nitrogen and oxygen atoms in total. The van der Waals surface area contributed by atoms with Crippen molar-refractivity contribution in [2.45, 2.75) is 32.9 Å². The molecule has 26 heavy (non-hydrogen) atoms. The molecular formula is C19H32ClN3O3. The average Bonchev–Trinajstić information content (AvgIpc) is 2.57. The molecule has 1 aromatic rings. The fourth-order valence-corrected chi connectivity index (χ4v) is 3.03. The van der Waals surface area contributed by atoms with Crippen LogP contribution in [0.25, 0.3) is 0 Å². The van der Waals surface area contributed by atoms with Gasteiger partial charge >= 0.3 is 0 Å². The van der Waals surface area contributed by atoms with Crippen LogP contribution in [0.1, 0.15) is 25.8 Å². The molecule has 1 saturated heterocycles. The Morgan fingerprint density at radius 1 is 1.31 bits per heavy atom. The summed E-state index contributed by atoms with van der Waals surface area (Å²) in [5.41, 5.74) is 7.25. The van der Waals surface area contributed by atoms with Crippen LogP contribution in [0.2, 0.25) is 0 Å². The Morgan fingerprint density at radius 3 is 2.62 bits per heavy atom. The van der Waals surface area contributed by atoms with Crippen LogP contribution in [0.5, 0.6) is 5.75 Å². The molecule has 7 heteroatoms. The number of nitrogens with zero attached hydrogens (tertiary/aromatic N) is 1. The van der Waals surface area contributed by atoms with E-state index in [1.165, 1.54) is 0 Å². The number of nitrogens with two attached hydrogens (primary N) is 1. The highest BCUT2D eigenvalue weighted by molar-refractivity contribution is 5.85. The third-order valence-corrected chi connectivity index (χ3v) is 4.73. The van der Waals surface area contributed by atoms with Crippen LogP contribution in [0.15, 0.2) is 24.3 Å². The van der Waals surface area contributed by atoms with Crippen molar-refractivity contribution in [3.63, 3.8) is 0 Å². The van der Waals surface area contributed by atoms with Gasteiger partial charge in [0.25, 0.3) is 0 Å². The van der Waals surface area contributed by atoms with E-state index in [-0.39, 0.29) is 29.8 Å². The highest BCUT2D eigenvalue weighted by atomic mass is 35.5. The maximum absolute atomic E-state index is 12.2. The van der Waals surface area contributed by atoms with Crippen LogP contribution < -0.4 is 15.8 Å². The van der Waals surface area contributed by atoms with Gasteiger partial charge in [0, 0.05) is 32.8 Å². The van der Waals surface area contributed by atoms with Crippen molar-refractivity contribution in [1.29, 1.82) is 0 Å². The summed E-state index contributed by atoms with van der Waals surface area (Å²) >= 11 is 0. The van der Waals surface area contributed by atoms with Gasteiger partial charge in [-0.1, -0.05) is 26.0 Å². The number of methoxy groups -OCH3 is 1. The minimum Gasteiger partial charge on any atom is -0.491 e. The highest BCUT2D eigenvalue weighted by Crippen LogP contribution is 2.27. The van der Waals surface area contributed by atoms with E-state index < -0.39 is 0 Å². The predicted molar refractivity (Wildman–Crippen MR) is 106 cm³/mol. The first-order valence-electron chi connectivity index (χ1n) is 8.86. The van der Waals surface area contributed by atoms with Crippen LogP contribution in [-0.2, 0) is 16.1 Å². The standard InChI is InChI=1S/C19H31N3O3.ClH/c1-19(2)14-22(9-8-17(19)20)13-18(23)21-12-15-4-6-16(7-5-15)25-11-10-24-3;/h4-7,17H,8-14,20H2,1-3H3,(H,21,23);1H. The second-order valence-electron chi connectivity index (χ2n) is 7.36. The second-order valence-corrected chi connectivity index (χ2v) is 7.36. The SMILES string of the molecule is COCCOc1ccc(CNC(=O)CN2CCC(N)C(C)(C)C2)cc1.Cl. The average molecular weight is 386 g/mol. The lowest BCUT2D eigenvalue weighted by atomic mass is 9.80. The van der Waals surface area contributed by atoms with Gasteiger partial charge in [-0.3, -0.25) is 9.69 Å². The number of nitrogens with one attached hydrogen (secondary N) is 1. The Kier molecular flexibility index (Phi) is 9.36. The van der Waals surface area contributed by atoms with Crippen molar-refractivity contribution in [1.82, 2.24) is 10.2 Å². The first kappa shape index (κ1) is 22.7. The van der Waals surface area contributed by atoms with Crippen LogP contribution >= 0.6 is 12.4 Å². The first-order chi connectivity index (χ1) is 11.9. The Hall–Kier alpha value is -1.34. The zero-order chi connectivity index (χ0) is 18.3. The number of carbonyl (C=O) groups excluding carboxylic acids is 1. The van der Waals surface area contributed by atoms with Crippen molar-refractivity contribution >= 4 is 18.3 Å².